The van der Waals surface area contributed by atoms with E-state index in [0.29, 0.717) is 12.7 Å². The lowest BCUT2D eigenvalue weighted by Crippen LogP contribution is -2.16. The van der Waals surface area contributed by atoms with Crippen LogP contribution in [0.5, 0.6) is 0 Å². The maximum atomic E-state index is 8.95. The topological polar surface area (TPSA) is 33.0 Å². The van der Waals surface area contributed by atoms with Crippen molar-refractivity contribution in [2.24, 2.45) is 0 Å². The number of nitrogens with zero attached hydrogens (tertiary/aromatic N) is 1. The minimum Gasteiger partial charge on any atom is -0.373 e. The van der Waals surface area contributed by atoms with Gasteiger partial charge in [0.2, 0.25) is 0 Å². The zero-order valence-corrected chi connectivity index (χ0v) is 9.48. The van der Waals surface area contributed by atoms with Crippen molar-refractivity contribution in [3.05, 3.63) is 35.4 Å². The van der Waals surface area contributed by atoms with Gasteiger partial charge in [0.1, 0.15) is 0 Å². The van der Waals surface area contributed by atoms with Crippen LogP contribution < -0.4 is 0 Å². The molecule has 16 heavy (non-hydrogen) atoms. The van der Waals surface area contributed by atoms with Crippen LogP contribution in [0.3, 0.4) is 0 Å². The first-order chi connectivity index (χ1) is 7.90. The summed E-state index contributed by atoms with van der Waals surface area (Å²) in [6, 6.07) is 9.87. The first kappa shape index (κ1) is 11.2. The van der Waals surface area contributed by atoms with Crippen LogP contribution in [0.2, 0.25) is 0 Å². The summed E-state index contributed by atoms with van der Waals surface area (Å²) in [5, 5.41) is 8.95. The standard InChI is InChI=1S/C14H17NO/c15-10-12-6-4-5-7-13(12)11-16-14-8-2-1-3-9-14/h4-7,14H,1-3,8-9,11H2. The van der Waals surface area contributed by atoms with E-state index in [4.69, 9.17) is 10.00 Å². The molecule has 2 rings (SSSR count). The number of ether oxygens (including phenoxy) is 1. The predicted molar refractivity (Wildman–Crippen MR) is 62.8 cm³/mol. The summed E-state index contributed by atoms with van der Waals surface area (Å²) in [6.07, 6.45) is 6.66. The van der Waals surface area contributed by atoms with E-state index in [1.165, 1.54) is 32.1 Å². The van der Waals surface area contributed by atoms with Crippen LogP contribution in [-0.2, 0) is 11.3 Å². The third kappa shape index (κ3) is 2.84. The molecule has 1 saturated carbocycles. The fourth-order valence-electron chi connectivity index (χ4n) is 2.19. The van der Waals surface area contributed by atoms with Gasteiger partial charge >= 0.3 is 0 Å². The molecule has 0 unspecified atom stereocenters. The lowest BCUT2D eigenvalue weighted by molar-refractivity contribution is 0.0168. The Morgan fingerprint density at radius 2 is 1.94 bits per heavy atom. The maximum absolute atomic E-state index is 8.95. The average molecular weight is 215 g/mol. The summed E-state index contributed by atoms with van der Waals surface area (Å²) in [6.45, 7) is 0.578. The molecule has 1 aromatic carbocycles. The maximum Gasteiger partial charge on any atom is 0.0995 e. The SMILES string of the molecule is N#Cc1ccccc1COC1CCCCC1. The number of rotatable bonds is 3. The Hall–Kier alpha value is -1.33. The van der Waals surface area contributed by atoms with Crippen LogP contribution in [0.15, 0.2) is 24.3 Å². The Balaban J connectivity index is 1.91. The van der Waals surface area contributed by atoms with E-state index in [2.05, 4.69) is 6.07 Å². The molecule has 0 aliphatic heterocycles. The summed E-state index contributed by atoms with van der Waals surface area (Å²) >= 11 is 0. The van der Waals surface area contributed by atoms with Gasteiger partial charge in [-0.2, -0.15) is 5.26 Å². The van der Waals surface area contributed by atoms with Gasteiger partial charge in [-0.1, -0.05) is 37.5 Å². The van der Waals surface area contributed by atoms with Gasteiger partial charge in [0.25, 0.3) is 0 Å². The summed E-state index contributed by atoms with van der Waals surface area (Å²) in [4.78, 5) is 0. The molecule has 0 amide bonds. The highest BCUT2D eigenvalue weighted by Gasteiger charge is 2.14. The van der Waals surface area contributed by atoms with Gasteiger partial charge in [0.05, 0.1) is 24.3 Å². The van der Waals surface area contributed by atoms with Crippen molar-refractivity contribution in [2.75, 3.05) is 0 Å². The molecule has 2 heteroatoms. The minimum absolute atomic E-state index is 0.403. The van der Waals surface area contributed by atoms with Crippen molar-refractivity contribution in [1.82, 2.24) is 0 Å². The molecule has 0 N–H and O–H groups in total. The van der Waals surface area contributed by atoms with Crippen LogP contribution in [0.4, 0.5) is 0 Å². The highest BCUT2D eigenvalue weighted by molar-refractivity contribution is 5.36. The van der Waals surface area contributed by atoms with Crippen molar-refractivity contribution >= 4 is 0 Å². The van der Waals surface area contributed by atoms with Gasteiger partial charge in [-0.25, -0.2) is 0 Å². The normalized spacial score (nSPS) is 16.9. The van der Waals surface area contributed by atoms with Crippen LogP contribution >= 0.6 is 0 Å². The fourth-order valence-corrected chi connectivity index (χ4v) is 2.19. The monoisotopic (exact) mass is 215 g/mol. The molecule has 0 spiro atoms. The van der Waals surface area contributed by atoms with Crippen molar-refractivity contribution in [3.8, 4) is 6.07 Å². The van der Waals surface area contributed by atoms with Crippen LogP contribution in [-0.4, -0.2) is 6.10 Å². The molecule has 1 aromatic rings. The highest BCUT2D eigenvalue weighted by Crippen LogP contribution is 2.21. The van der Waals surface area contributed by atoms with Crippen molar-refractivity contribution in [1.29, 1.82) is 5.26 Å². The summed E-state index contributed by atoms with van der Waals surface area (Å²) in [5.74, 6) is 0. The van der Waals surface area contributed by atoms with E-state index in [1.807, 2.05) is 24.3 Å². The Morgan fingerprint density at radius 1 is 1.19 bits per heavy atom. The molecule has 0 atom stereocenters. The minimum atomic E-state index is 0.403. The molecule has 0 saturated heterocycles. The smallest absolute Gasteiger partial charge is 0.0995 e. The number of hydrogen-bond acceptors (Lipinski definition) is 2. The Kier molecular flexibility index (Phi) is 3.96. The second-order valence-electron chi connectivity index (χ2n) is 4.34. The van der Waals surface area contributed by atoms with Gasteiger partial charge in [0.15, 0.2) is 0 Å². The first-order valence-corrected chi connectivity index (χ1v) is 6.00. The zero-order chi connectivity index (χ0) is 11.2. The van der Waals surface area contributed by atoms with Crippen LogP contribution in [0.1, 0.15) is 43.2 Å². The molecule has 0 heterocycles. The number of nitriles is 1. The molecule has 2 nitrogen and oxygen atoms in total. The molecular weight excluding hydrogens is 198 g/mol. The largest absolute Gasteiger partial charge is 0.373 e. The molecule has 1 aliphatic carbocycles. The van der Waals surface area contributed by atoms with Crippen molar-refractivity contribution in [2.45, 2.75) is 44.8 Å². The zero-order valence-electron chi connectivity index (χ0n) is 9.48. The molecular formula is C14H17NO. The quantitative estimate of drug-likeness (QED) is 0.774. The van der Waals surface area contributed by atoms with Gasteiger partial charge in [-0.3, -0.25) is 0 Å². The molecule has 84 valence electrons. The summed E-state index contributed by atoms with van der Waals surface area (Å²) in [7, 11) is 0. The van der Waals surface area contributed by atoms with Gasteiger partial charge in [0, 0.05) is 0 Å². The van der Waals surface area contributed by atoms with Gasteiger partial charge in [-0.15, -0.1) is 0 Å². The van der Waals surface area contributed by atoms with E-state index < -0.39 is 0 Å². The van der Waals surface area contributed by atoms with E-state index in [1.54, 1.807) is 0 Å². The Morgan fingerprint density at radius 3 is 2.69 bits per heavy atom. The second-order valence-corrected chi connectivity index (χ2v) is 4.34. The summed E-state index contributed by atoms with van der Waals surface area (Å²) in [5.41, 5.74) is 1.74. The van der Waals surface area contributed by atoms with Crippen molar-refractivity contribution < 1.29 is 4.74 Å². The molecule has 0 aromatic heterocycles. The third-order valence-corrected chi connectivity index (χ3v) is 3.16. The lowest BCUT2D eigenvalue weighted by Gasteiger charge is -2.22. The number of benzene rings is 1. The Bertz CT molecular complexity index is 375. The van der Waals surface area contributed by atoms with E-state index >= 15 is 0 Å². The van der Waals surface area contributed by atoms with Gasteiger partial charge < -0.3 is 4.74 Å². The third-order valence-electron chi connectivity index (χ3n) is 3.16. The van der Waals surface area contributed by atoms with E-state index in [0.717, 1.165) is 11.1 Å². The molecule has 1 fully saturated rings. The van der Waals surface area contributed by atoms with Gasteiger partial charge in [-0.05, 0) is 24.5 Å². The molecule has 0 radical (unpaired) electrons. The fraction of sp³-hybridized carbons (Fsp3) is 0.500. The predicted octanol–water partition coefficient (Wildman–Crippen LogP) is 3.41. The molecule has 1 aliphatic rings. The summed E-state index contributed by atoms with van der Waals surface area (Å²) < 4.78 is 5.86. The number of hydrogen-bond donors (Lipinski definition) is 0. The van der Waals surface area contributed by atoms with Crippen LogP contribution in [0, 0.1) is 11.3 Å². The first-order valence-electron chi connectivity index (χ1n) is 6.00. The lowest BCUT2D eigenvalue weighted by atomic mass is 9.98. The Labute approximate surface area is 96.9 Å². The van der Waals surface area contributed by atoms with Crippen molar-refractivity contribution in [3.63, 3.8) is 0 Å². The average Bonchev–Trinajstić information content (AvgIpc) is 2.38. The molecule has 0 bridgehead atoms. The van der Waals surface area contributed by atoms with E-state index in [-0.39, 0.29) is 0 Å². The van der Waals surface area contributed by atoms with Crippen LogP contribution in [0.25, 0.3) is 0 Å². The highest BCUT2D eigenvalue weighted by atomic mass is 16.5. The second kappa shape index (κ2) is 5.67. The van der Waals surface area contributed by atoms with E-state index in [9.17, 15) is 0 Å².